The number of benzene rings is 2. The van der Waals surface area contributed by atoms with Gasteiger partial charge in [-0.05, 0) is 36.4 Å². The van der Waals surface area contributed by atoms with Crippen LogP contribution < -0.4 is 5.32 Å². The number of hydrogen-bond acceptors (Lipinski definition) is 2. The van der Waals surface area contributed by atoms with E-state index in [1.165, 1.54) is 18.2 Å². The number of nitrogens with one attached hydrogen (secondary N) is 1. The fraction of sp³-hybridized carbons (Fsp3) is 0. The lowest BCUT2D eigenvalue weighted by Gasteiger charge is -2.06. The fourth-order valence-electron chi connectivity index (χ4n) is 1.42. The van der Waals surface area contributed by atoms with Crippen molar-refractivity contribution in [1.82, 2.24) is 0 Å². The third-order valence-corrected chi connectivity index (χ3v) is 2.87. The summed E-state index contributed by atoms with van der Waals surface area (Å²) in [6, 6.07) is 10.9. The van der Waals surface area contributed by atoms with Crippen LogP contribution in [0.2, 0.25) is 5.02 Å². The largest absolute Gasteiger partial charge is 0.322 e. The molecule has 0 fully saturated rings. The van der Waals surface area contributed by atoms with Crippen molar-refractivity contribution in [3.05, 3.63) is 58.9 Å². The van der Waals surface area contributed by atoms with Gasteiger partial charge < -0.3 is 5.32 Å². The molecule has 0 saturated heterocycles. The normalized spacial score (nSPS) is 10.2. The summed E-state index contributed by atoms with van der Waals surface area (Å²) in [6.07, 6.45) is 0. The Morgan fingerprint density at radius 3 is 2.67 bits per heavy atom. The summed E-state index contributed by atoms with van der Waals surface area (Å²) in [6.45, 7) is 0. The fourth-order valence-corrected chi connectivity index (χ4v) is 1.77. The van der Waals surface area contributed by atoms with Gasteiger partial charge in [0, 0.05) is 16.1 Å². The Morgan fingerprint density at radius 1 is 1.22 bits per heavy atom. The van der Waals surface area contributed by atoms with Gasteiger partial charge >= 0.3 is 0 Å². The average Bonchev–Trinajstić information content (AvgIpc) is 2.34. The first-order chi connectivity index (χ1) is 8.56. The number of anilines is 1. The minimum absolute atomic E-state index is 0.0188. The van der Waals surface area contributed by atoms with E-state index in [1.807, 2.05) is 0 Å². The van der Waals surface area contributed by atoms with E-state index in [4.69, 9.17) is 11.6 Å². The lowest BCUT2D eigenvalue weighted by molar-refractivity contribution is 0.102. The molecule has 1 N–H and O–H groups in total. The quantitative estimate of drug-likeness (QED) is 0.800. The smallest absolute Gasteiger partial charge is 0.255 e. The van der Waals surface area contributed by atoms with Gasteiger partial charge in [-0.25, -0.2) is 4.39 Å². The molecule has 5 heteroatoms. The highest BCUT2D eigenvalue weighted by Crippen LogP contribution is 2.19. The van der Waals surface area contributed by atoms with Crippen LogP contribution >= 0.6 is 24.2 Å². The van der Waals surface area contributed by atoms with Crippen molar-refractivity contribution in [2.45, 2.75) is 4.90 Å². The van der Waals surface area contributed by atoms with Crippen LogP contribution in [0.4, 0.5) is 10.1 Å². The van der Waals surface area contributed by atoms with Crippen LogP contribution in [0, 0.1) is 5.82 Å². The minimum atomic E-state index is -0.572. The Labute approximate surface area is 114 Å². The van der Waals surface area contributed by atoms with Gasteiger partial charge in [0.2, 0.25) is 0 Å². The van der Waals surface area contributed by atoms with Crippen LogP contribution in [0.3, 0.4) is 0 Å². The molecule has 0 unspecified atom stereocenters. The van der Waals surface area contributed by atoms with E-state index >= 15 is 0 Å². The molecule has 0 bridgehead atoms. The van der Waals surface area contributed by atoms with E-state index in [0.29, 0.717) is 16.1 Å². The van der Waals surface area contributed by atoms with Gasteiger partial charge in [-0.3, -0.25) is 4.79 Å². The van der Waals surface area contributed by atoms with Gasteiger partial charge in [0.1, 0.15) is 5.82 Å². The molecule has 2 aromatic rings. The molecule has 0 radical (unpaired) electrons. The molecule has 0 atom stereocenters. The van der Waals surface area contributed by atoms with Crippen molar-refractivity contribution < 1.29 is 9.18 Å². The Bertz CT molecular complexity index is 603. The Hall–Kier alpha value is -1.52. The first kappa shape index (κ1) is 12.9. The van der Waals surface area contributed by atoms with Crippen molar-refractivity contribution in [3.63, 3.8) is 0 Å². The molecule has 0 saturated carbocycles. The standard InChI is InChI=1S/C13H9ClFNOS/c14-11-5-4-9(7-12(11)15)16-13(17)8-2-1-3-10(18)6-8/h1-7,18H,(H,16,17). The highest BCUT2D eigenvalue weighted by Gasteiger charge is 2.07. The first-order valence-corrected chi connectivity index (χ1v) is 5.94. The molecular formula is C13H9ClFNOS. The Kier molecular flexibility index (Phi) is 3.89. The van der Waals surface area contributed by atoms with Crippen molar-refractivity contribution in [1.29, 1.82) is 0 Å². The third-order valence-electron chi connectivity index (χ3n) is 2.29. The molecule has 1 amide bonds. The highest BCUT2D eigenvalue weighted by atomic mass is 35.5. The molecule has 0 aliphatic carbocycles. The van der Waals surface area contributed by atoms with Crippen molar-refractivity contribution in [2.24, 2.45) is 0 Å². The number of carbonyl (C=O) groups is 1. The molecular weight excluding hydrogens is 273 g/mol. The van der Waals surface area contributed by atoms with Crippen LogP contribution in [0.1, 0.15) is 10.4 Å². The third kappa shape index (κ3) is 3.03. The minimum Gasteiger partial charge on any atom is -0.322 e. The second kappa shape index (κ2) is 5.42. The average molecular weight is 282 g/mol. The zero-order valence-corrected chi connectivity index (χ0v) is 10.8. The summed E-state index contributed by atoms with van der Waals surface area (Å²) in [5.41, 5.74) is 0.810. The molecule has 0 aliphatic rings. The molecule has 2 aromatic carbocycles. The lowest BCUT2D eigenvalue weighted by Crippen LogP contribution is -2.11. The van der Waals surface area contributed by atoms with Crippen molar-refractivity contribution >= 4 is 35.8 Å². The second-order valence-corrected chi connectivity index (χ2v) is 4.56. The van der Waals surface area contributed by atoms with E-state index in [2.05, 4.69) is 17.9 Å². The number of rotatable bonds is 2. The summed E-state index contributed by atoms with van der Waals surface area (Å²) in [4.78, 5) is 12.5. The summed E-state index contributed by atoms with van der Waals surface area (Å²) in [7, 11) is 0. The SMILES string of the molecule is O=C(Nc1ccc(Cl)c(F)c1)c1cccc(S)c1. The van der Waals surface area contributed by atoms with Crippen LogP contribution in [-0.4, -0.2) is 5.91 Å². The first-order valence-electron chi connectivity index (χ1n) is 5.12. The van der Waals surface area contributed by atoms with Gasteiger partial charge in [-0.1, -0.05) is 17.7 Å². The van der Waals surface area contributed by atoms with Crippen molar-refractivity contribution in [2.75, 3.05) is 5.32 Å². The van der Waals surface area contributed by atoms with Gasteiger partial charge in [-0.15, -0.1) is 12.6 Å². The zero-order valence-electron chi connectivity index (χ0n) is 9.15. The van der Waals surface area contributed by atoms with Gasteiger partial charge in [-0.2, -0.15) is 0 Å². The maximum absolute atomic E-state index is 13.2. The number of thiol groups is 1. The lowest BCUT2D eigenvalue weighted by atomic mass is 10.2. The predicted molar refractivity (Wildman–Crippen MR) is 73.1 cm³/mol. The summed E-state index contributed by atoms with van der Waals surface area (Å²) in [5, 5.41) is 2.60. The highest BCUT2D eigenvalue weighted by molar-refractivity contribution is 7.80. The molecule has 0 spiro atoms. The van der Waals surface area contributed by atoms with E-state index in [1.54, 1.807) is 24.3 Å². The monoisotopic (exact) mass is 281 g/mol. The number of carbonyl (C=O) groups excluding carboxylic acids is 1. The molecule has 18 heavy (non-hydrogen) atoms. The summed E-state index contributed by atoms with van der Waals surface area (Å²) in [5.74, 6) is -0.898. The topological polar surface area (TPSA) is 29.1 Å². The van der Waals surface area contributed by atoms with Gasteiger partial charge in [0.25, 0.3) is 5.91 Å². The van der Waals surface area contributed by atoms with Gasteiger partial charge in [0.15, 0.2) is 0 Å². The molecule has 0 heterocycles. The van der Waals surface area contributed by atoms with Gasteiger partial charge in [0.05, 0.1) is 5.02 Å². The molecule has 92 valence electrons. The second-order valence-electron chi connectivity index (χ2n) is 3.63. The van der Waals surface area contributed by atoms with Crippen LogP contribution in [0.5, 0.6) is 0 Å². The van der Waals surface area contributed by atoms with Crippen LogP contribution in [0.25, 0.3) is 0 Å². The number of amides is 1. The van der Waals surface area contributed by atoms with E-state index < -0.39 is 5.82 Å². The van der Waals surface area contributed by atoms with Crippen molar-refractivity contribution in [3.8, 4) is 0 Å². The molecule has 0 aliphatic heterocycles. The zero-order chi connectivity index (χ0) is 13.1. The number of halogens is 2. The van der Waals surface area contributed by atoms with Crippen LogP contribution in [0.15, 0.2) is 47.4 Å². The Balaban J connectivity index is 2.18. The van der Waals surface area contributed by atoms with E-state index in [9.17, 15) is 9.18 Å². The molecule has 2 rings (SSSR count). The summed E-state index contributed by atoms with van der Waals surface area (Å²) < 4.78 is 13.2. The van der Waals surface area contributed by atoms with E-state index in [-0.39, 0.29) is 10.9 Å². The predicted octanol–water partition coefficient (Wildman–Crippen LogP) is 4.02. The Morgan fingerprint density at radius 2 is 2.00 bits per heavy atom. The molecule has 2 nitrogen and oxygen atoms in total. The molecule has 0 aromatic heterocycles. The van der Waals surface area contributed by atoms with E-state index in [0.717, 1.165) is 0 Å². The maximum Gasteiger partial charge on any atom is 0.255 e. The maximum atomic E-state index is 13.2. The number of hydrogen-bond donors (Lipinski definition) is 2. The van der Waals surface area contributed by atoms with Crippen LogP contribution in [-0.2, 0) is 0 Å². The summed E-state index contributed by atoms with van der Waals surface area (Å²) >= 11 is 9.70.